The Morgan fingerprint density at radius 1 is 1.12 bits per heavy atom. The quantitative estimate of drug-likeness (QED) is 0.361. The van der Waals surface area contributed by atoms with E-state index in [9.17, 15) is 4.79 Å². The molecule has 3 heterocycles. The van der Waals surface area contributed by atoms with Gasteiger partial charge in [0.1, 0.15) is 21.2 Å². The third kappa shape index (κ3) is 3.69. The van der Waals surface area contributed by atoms with Crippen molar-refractivity contribution in [3.05, 3.63) is 83.3 Å². The first kappa shape index (κ1) is 21.4. The van der Waals surface area contributed by atoms with Gasteiger partial charge in [-0.25, -0.2) is 14.4 Å². The average Bonchev–Trinajstić information content (AvgIpc) is 3.54. The van der Waals surface area contributed by atoms with E-state index in [2.05, 4.69) is 40.2 Å². The summed E-state index contributed by atoms with van der Waals surface area (Å²) in [6, 6.07) is 19.9. The lowest BCUT2D eigenvalue weighted by molar-refractivity contribution is -0.151. The molecule has 0 atom stereocenters. The maximum absolute atomic E-state index is 15.0. The molecule has 6 rings (SSSR count). The highest BCUT2D eigenvalue weighted by atomic mass is 32.1. The van der Waals surface area contributed by atoms with Gasteiger partial charge in [-0.15, -0.1) is 0 Å². The number of halogens is 1. The Bertz CT molecular complexity index is 1380. The van der Waals surface area contributed by atoms with Crippen molar-refractivity contribution < 1.29 is 13.9 Å². The highest BCUT2D eigenvalue weighted by Crippen LogP contribution is 2.53. The van der Waals surface area contributed by atoms with Crippen molar-refractivity contribution >= 4 is 27.7 Å². The molecule has 4 aromatic rings. The smallest absolute Gasteiger partial charge is 0.311 e. The third-order valence-electron chi connectivity index (χ3n) is 6.98. The number of fused-ring (bicyclic) bond motifs is 1. The van der Waals surface area contributed by atoms with Crippen molar-refractivity contribution in [2.45, 2.75) is 24.8 Å². The van der Waals surface area contributed by atoms with E-state index in [1.807, 2.05) is 18.2 Å². The van der Waals surface area contributed by atoms with E-state index in [0.29, 0.717) is 30.2 Å². The molecule has 7 heteroatoms. The van der Waals surface area contributed by atoms with Gasteiger partial charge in [0.25, 0.3) is 0 Å². The number of thiazole rings is 1. The van der Waals surface area contributed by atoms with Gasteiger partial charge in [-0.3, -0.25) is 9.69 Å². The second kappa shape index (κ2) is 8.25. The lowest BCUT2D eigenvalue weighted by atomic mass is 9.92. The fourth-order valence-electron chi connectivity index (χ4n) is 4.88. The predicted octanol–water partition coefficient (Wildman–Crippen LogP) is 5.18. The van der Waals surface area contributed by atoms with Gasteiger partial charge < -0.3 is 4.74 Å². The zero-order chi connectivity index (χ0) is 23.3. The second-order valence-electron chi connectivity index (χ2n) is 9.22. The zero-order valence-electron chi connectivity index (χ0n) is 18.8. The fourth-order valence-corrected chi connectivity index (χ4v) is 5.84. The van der Waals surface area contributed by atoms with Gasteiger partial charge in [0.05, 0.1) is 18.7 Å². The Kier molecular flexibility index (Phi) is 5.19. The Balaban J connectivity index is 1.22. The molecular formula is C27H24FN3O2S. The molecular weight excluding hydrogens is 449 g/mol. The maximum atomic E-state index is 15.0. The van der Waals surface area contributed by atoms with Gasteiger partial charge in [0.15, 0.2) is 0 Å². The molecule has 34 heavy (non-hydrogen) atoms. The van der Waals surface area contributed by atoms with Crippen molar-refractivity contribution in [1.29, 1.82) is 0 Å². The molecule has 1 saturated carbocycles. The Morgan fingerprint density at radius 2 is 1.91 bits per heavy atom. The number of rotatable bonds is 6. The first-order valence-electron chi connectivity index (χ1n) is 11.5. The summed E-state index contributed by atoms with van der Waals surface area (Å²) in [4.78, 5) is 24.1. The Hall–Kier alpha value is -3.16. The molecule has 1 saturated heterocycles. The van der Waals surface area contributed by atoms with Gasteiger partial charge in [-0.1, -0.05) is 47.7 Å². The van der Waals surface area contributed by atoms with Crippen LogP contribution in [0.4, 0.5) is 4.39 Å². The number of carbonyl (C=O) groups is 1. The maximum Gasteiger partial charge on any atom is 0.311 e. The van der Waals surface area contributed by atoms with E-state index >= 15 is 4.39 Å². The Morgan fingerprint density at radius 3 is 2.62 bits per heavy atom. The number of hydrogen-bond acceptors (Lipinski definition) is 6. The number of methoxy groups -OCH3 is 1. The average molecular weight is 474 g/mol. The van der Waals surface area contributed by atoms with Crippen LogP contribution in [0.2, 0.25) is 0 Å². The number of likely N-dealkylation sites (tertiary alicyclic amines) is 1. The van der Waals surface area contributed by atoms with Crippen LogP contribution in [0, 0.1) is 11.7 Å². The van der Waals surface area contributed by atoms with E-state index in [4.69, 9.17) is 9.72 Å². The SMILES string of the molecule is COC(=O)C1CN(Cc2ccc(-c3nc4ccc(C5(c6ccccc6)CC5)nc4s3)c(F)c2)C1. The molecule has 0 spiro atoms. The van der Waals surface area contributed by atoms with Gasteiger partial charge in [-0.05, 0) is 48.2 Å². The molecule has 2 fully saturated rings. The minimum atomic E-state index is -0.287. The van der Waals surface area contributed by atoms with Gasteiger partial charge >= 0.3 is 5.97 Å². The van der Waals surface area contributed by atoms with Crippen molar-refractivity contribution in [2.24, 2.45) is 5.92 Å². The molecule has 5 nitrogen and oxygen atoms in total. The van der Waals surface area contributed by atoms with Gasteiger partial charge in [0, 0.05) is 30.6 Å². The number of benzene rings is 2. The monoisotopic (exact) mass is 473 g/mol. The van der Waals surface area contributed by atoms with Crippen molar-refractivity contribution in [2.75, 3.05) is 20.2 Å². The van der Waals surface area contributed by atoms with E-state index in [-0.39, 0.29) is 23.1 Å². The third-order valence-corrected chi connectivity index (χ3v) is 7.98. The van der Waals surface area contributed by atoms with Crippen molar-refractivity contribution in [3.8, 4) is 10.6 Å². The normalized spacial score (nSPS) is 17.5. The molecule has 1 aliphatic heterocycles. The van der Waals surface area contributed by atoms with Crippen LogP contribution in [-0.2, 0) is 21.5 Å². The molecule has 0 amide bonds. The molecule has 2 aliphatic rings. The van der Waals surface area contributed by atoms with Crippen LogP contribution in [0.1, 0.15) is 29.7 Å². The number of nitrogens with zero attached hydrogens (tertiary/aromatic N) is 3. The van der Waals surface area contributed by atoms with Crippen LogP contribution in [0.3, 0.4) is 0 Å². The first-order valence-corrected chi connectivity index (χ1v) is 12.3. The minimum absolute atomic E-state index is 0.00374. The Labute approximate surface area is 201 Å². The van der Waals surface area contributed by atoms with Crippen LogP contribution in [0.15, 0.2) is 60.7 Å². The minimum Gasteiger partial charge on any atom is -0.469 e. The van der Waals surface area contributed by atoms with Crippen LogP contribution >= 0.6 is 11.3 Å². The number of pyridine rings is 1. The second-order valence-corrected chi connectivity index (χ2v) is 10.2. The summed E-state index contributed by atoms with van der Waals surface area (Å²) in [6.45, 7) is 1.90. The summed E-state index contributed by atoms with van der Waals surface area (Å²) in [5, 5.41) is 0.642. The molecule has 1 aliphatic carbocycles. The van der Waals surface area contributed by atoms with E-state index in [0.717, 1.165) is 34.4 Å². The molecule has 0 unspecified atom stereocenters. The summed E-state index contributed by atoms with van der Waals surface area (Å²) in [7, 11) is 1.41. The molecule has 0 N–H and O–H groups in total. The van der Waals surface area contributed by atoms with Crippen molar-refractivity contribution in [1.82, 2.24) is 14.9 Å². The molecule has 0 bridgehead atoms. The van der Waals surface area contributed by atoms with E-state index in [1.54, 1.807) is 12.1 Å². The standard InChI is InChI=1S/C27H24FN3O2S/c1-33-26(32)18-15-31(16-18)14-17-7-8-20(21(28)13-17)24-29-22-9-10-23(30-25(22)34-24)27(11-12-27)19-5-3-2-4-6-19/h2-10,13,18H,11-12,14-16H2,1H3. The van der Waals surface area contributed by atoms with E-state index < -0.39 is 0 Å². The number of hydrogen-bond donors (Lipinski definition) is 0. The number of aromatic nitrogens is 2. The molecule has 2 aromatic carbocycles. The molecule has 0 radical (unpaired) electrons. The highest BCUT2D eigenvalue weighted by molar-refractivity contribution is 7.21. The lowest BCUT2D eigenvalue weighted by Crippen LogP contribution is -2.49. The topological polar surface area (TPSA) is 55.3 Å². The lowest BCUT2D eigenvalue weighted by Gasteiger charge is -2.37. The van der Waals surface area contributed by atoms with Crippen molar-refractivity contribution in [3.63, 3.8) is 0 Å². The summed E-state index contributed by atoms with van der Waals surface area (Å²) in [5.74, 6) is -0.544. The molecule has 172 valence electrons. The highest BCUT2D eigenvalue weighted by Gasteiger charge is 2.47. The van der Waals surface area contributed by atoms with Gasteiger partial charge in [0.2, 0.25) is 0 Å². The van der Waals surface area contributed by atoms with Crippen LogP contribution in [0.25, 0.3) is 20.9 Å². The molecule has 2 aromatic heterocycles. The summed E-state index contributed by atoms with van der Waals surface area (Å²) in [6.07, 6.45) is 2.18. The summed E-state index contributed by atoms with van der Waals surface area (Å²) >= 11 is 1.44. The largest absolute Gasteiger partial charge is 0.469 e. The van der Waals surface area contributed by atoms with E-state index in [1.165, 1.54) is 24.0 Å². The number of esters is 1. The fraction of sp³-hybridized carbons (Fsp3) is 0.296. The van der Waals surface area contributed by atoms with Crippen LogP contribution in [-0.4, -0.2) is 41.0 Å². The first-order chi connectivity index (χ1) is 16.6. The summed E-state index contributed by atoms with van der Waals surface area (Å²) in [5.41, 5.74) is 4.53. The van der Waals surface area contributed by atoms with Crippen LogP contribution in [0.5, 0.6) is 0 Å². The zero-order valence-corrected chi connectivity index (χ0v) is 19.6. The number of carbonyl (C=O) groups excluding carboxylic acids is 1. The number of ether oxygens (including phenoxy) is 1. The summed E-state index contributed by atoms with van der Waals surface area (Å²) < 4.78 is 19.8. The van der Waals surface area contributed by atoms with Crippen LogP contribution < -0.4 is 0 Å². The predicted molar refractivity (Wildman–Crippen MR) is 130 cm³/mol. The van der Waals surface area contributed by atoms with Gasteiger partial charge in [-0.2, -0.15) is 0 Å².